The van der Waals surface area contributed by atoms with Crippen LogP contribution in [0.3, 0.4) is 0 Å². The van der Waals surface area contributed by atoms with Gasteiger partial charge in [-0.25, -0.2) is 0 Å². The van der Waals surface area contributed by atoms with Crippen LogP contribution in [0.15, 0.2) is 24.3 Å². The molecule has 1 fully saturated rings. The Kier molecular flexibility index (Phi) is 3.83. The lowest BCUT2D eigenvalue weighted by molar-refractivity contribution is 0.207. The van der Waals surface area contributed by atoms with Crippen molar-refractivity contribution in [2.24, 2.45) is 5.92 Å². The molecule has 1 saturated carbocycles. The van der Waals surface area contributed by atoms with Gasteiger partial charge in [-0.15, -0.1) is 0 Å². The molecule has 0 radical (unpaired) electrons. The fourth-order valence-corrected chi connectivity index (χ4v) is 2.28. The molecule has 88 valence electrons. The summed E-state index contributed by atoms with van der Waals surface area (Å²) in [6, 6.07) is 8.18. The average molecular weight is 218 g/mol. The number of rotatable bonds is 5. The van der Waals surface area contributed by atoms with Crippen molar-refractivity contribution >= 4 is 5.69 Å². The number of nitrogens with zero attached hydrogens (tertiary/aromatic N) is 1. The first kappa shape index (κ1) is 11.5. The molecule has 16 heavy (non-hydrogen) atoms. The Labute approximate surface area is 98.4 Å². The zero-order valence-corrected chi connectivity index (χ0v) is 10.2. The molecule has 0 saturated heterocycles. The Morgan fingerprint density at radius 2 is 2.06 bits per heavy atom. The first-order chi connectivity index (χ1) is 7.75. The van der Waals surface area contributed by atoms with Gasteiger partial charge in [0.25, 0.3) is 0 Å². The van der Waals surface area contributed by atoms with E-state index in [1.165, 1.54) is 31.4 Å². The highest BCUT2D eigenvalue weighted by Gasteiger charge is 2.18. The summed E-state index contributed by atoms with van der Waals surface area (Å²) >= 11 is 0. The van der Waals surface area contributed by atoms with Crippen LogP contribution in [0.1, 0.15) is 24.8 Å². The smallest absolute Gasteiger partial charge is 0.0347 e. The van der Waals surface area contributed by atoms with Crippen molar-refractivity contribution in [2.45, 2.75) is 25.7 Å². The number of benzene rings is 1. The number of para-hydroxylation sites is 1. The van der Waals surface area contributed by atoms with Crippen LogP contribution in [-0.2, 0) is 6.42 Å². The Morgan fingerprint density at radius 1 is 1.31 bits per heavy atom. The summed E-state index contributed by atoms with van der Waals surface area (Å²) in [5, 5.41) is 0. The topological polar surface area (TPSA) is 29.3 Å². The highest BCUT2D eigenvalue weighted by Crippen LogP contribution is 2.26. The molecule has 2 heteroatoms. The van der Waals surface area contributed by atoms with Crippen LogP contribution in [0.5, 0.6) is 0 Å². The molecular formula is C14H22N2. The summed E-state index contributed by atoms with van der Waals surface area (Å²) in [7, 11) is 2.22. The van der Waals surface area contributed by atoms with Crippen LogP contribution in [0.2, 0.25) is 0 Å². The van der Waals surface area contributed by atoms with E-state index in [0.717, 1.165) is 24.6 Å². The lowest BCUT2D eigenvalue weighted by Gasteiger charge is -2.30. The third-order valence-electron chi connectivity index (χ3n) is 3.61. The van der Waals surface area contributed by atoms with Crippen molar-refractivity contribution in [1.29, 1.82) is 0 Å². The molecule has 0 spiro atoms. The van der Waals surface area contributed by atoms with E-state index in [4.69, 9.17) is 5.73 Å². The monoisotopic (exact) mass is 218 g/mol. The minimum atomic E-state index is 0.930. The number of hydrogen-bond acceptors (Lipinski definition) is 2. The maximum atomic E-state index is 5.93. The Morgan fingerprint density at radius 3 is 2.69 bits per heavy atom. The molecule has 1 aromatic carbocycles. The van der Waals surface area contributed by atoms with Gasteiger partial charge < -0.3 is 10.6 Å². The lowest BCUT2D eigenvalue weighted by Crippen LogP contribution is -2.31. The predicted octanol–water partition coefficient (Wildman–Crippen LogP) is 2.54. The number of likely N-dealkylation sites (N-methyl/N-ethyl adjacent to an activating group) is 1. The quantitative estimate of drug-likeness (QED) is 0.770. The maximum absolute atomic E-state index is 5.93. The van der Waals surface area contributed by atoms with Crippen LogP contribution in [0.25, 0.3) is 0 Å². The second kappa shape index (κ2) is 5.35. The van der Waals surface area contributed by atoms with E-state index in [9.17, 15) is 0 Å². The molecule has 0 bridgehead atoms. The van der Waals surface area contributed by atoms with Gasteiger partial charge in [0.05, 0.1) is 0 Å². The van der Waals surface area contributed by atoms with E-state index in [0.29, 0.717) is 0 Å². The fraction of sp³-hybridized carbons (Fsp3) is 0.571. The normalized spacial score (nSPS) is 16.4. The summed E-state index contributed by atoms with van der Waals surface area (Å²) in [6.45, 7) is 2.37. The molecule has 1 aliphatic rings. The van der Waals surface area contributed by atoms with Crippen LogP contribution >= 0.6 is 0 Å². The first-order valence-electron chi connectivity index (χ1n) is 6.27. The SMILES string of the molecule is CN(CCc1ccccc1N)CC1CCC1. The van der Waals surface area contributed by atoms with E-state index < -0.39 is 0 Å². The van der Waals surface area contributed by atoms with E-state index >= 15 is 0 Å². The van der Waals surface area contributed by atoms with Gasteiger partial charge in [0.15, 0.2) is 0 Å². The Balaban J connectivity index is 1.75. The minimum absolute atomic E-state index is 0.930. The summed E-state index contributed by atoms with van der Waals surface area (Å²) < 4.78 is 0. The largest absolute Gasteiger partial charge is 0.399 e. The molecule has 2 N–H and O–H groups in total. The summed E-state index contributed by atoms with van der Waals surface area (Å²) in [6.07, 6.45) is 5.36. The van der Waals surface area contributed by atoms with Gasteiger partial charge in [-0.3, -0.25) is 0 Å². The Bertz CT molecular complexity index is 331. The highest BCUT2D eigenvalue weighted by molar-refractivity contribution is 5.46. The van der Waals surface area contributed by atoms with Gasteiger partial charge in [-0.05, 0) is 43.9 Å². The number of hydrogen-bond donors (Lipinski definition) is 1. The third kappa shape index (κ3) is 2.99. The number of nitrogen functional groups attached to an aromatic ring is 1. The molecule has 0 aliphatic heterocycles. The molecule has 0 heterocycles. The minimum Gasteiger partial charge on any atom is -0.399 e. The first-order valence-corrected chi connectivity index (χ1v) is 6.27. The summed E-state index contributed by atoms with van der Waals surface area (Å²) in [5.41, 5.74) is 8.14. The van der Waals surface area contributed by atoms with E-state index in [2.05, 4.69) is 24.1 Å². The van der Waals surface area contributed by atoms with E-state index in [-0.39, 0.29) is 0 Å². The molecule has 0 atom stereocenters. The van der Waals surface area contributed by atoms with Crippen molar-refractivity contribution in [3.63, 3.8) is 0 Å². The number of nitrogens with two attached hydrogens (primary N) is 1. The van der Waals surface area contributed by atoms with Gasteiger partial charge in [0.1, 0.15) is 0 Å². The fourth-order valence-electron chi connectivity index (χ4n) is 2.28. The maximum Gasteiger partial charge on any atom is 0.0347 e. The predicted molar refractivity (Wildman–Crippen MR) is 69.4 cm³/mol. The van der Waals surface area contributed by atoms with Crippen LogP contribution in [0.4, 0.5) is 5.69 Å². The summed E-state index contributed by atoms with van der Waals surface area (Å²) in [5.74, 6) is 0.957. The highest BCUT2D eigenvalue weighted by atomic mass is 15.1. The van der Waals surface area contributed by atoms with Gasteiger partial charge in [0, 0.05) is 18.8 Å². The summed E-state index contributed by atoms with van der Waals surface area (Å²) in [4.78, 5) is 2.44. The second-order valence-electron chi connectivity index (χ2n) is 5.01. The van der Waals surface area contributed by atoms with Crippen molar-refractivity contribution in [1.82, 2.24) is 4.90 Å². The molecule has 0 amide bonds. The molecule has 0 unspecified atom stereocenters. The number of anilines is 1. The van der Waals surface area contributed by atoms with E-state index in [1.807, 2.05) is 12.1 Å². The van der Waals surface area contributed by atoms with Crippen molar-refractivity contribution in [3.8, 4) is 0 Å². The molecule has 1 aliphatic carbocycles. The van der Waals surface area contributed by atoms with Crippen LogP contribution in [0, 0.1) is 5.92 Å². The zero-order valence-electron chi connectivity index (χ0n) is 10.2. The van der Waals surface area contributed by atoms with Crippen LogP contribution < -0.4 is 5.73 Å². The van der Waals surface area contributed by atoms with Crippen molar-refractivity contribution in [2.75, 3.05) is 25.9 Å². The third-order valence-corrected chi connectivity index (χ3v) is 3.61. The van der Waals surface area contributed by atoms with Gasteiger partial charge in [-0.1, -0.05) is 24.6 Å². The molecule has 2 rings (SSSR count). The Hall–Kier alpha value is -1.02. The van der Waals surface area contributed by atoms with Gasteiger partial charge in [-0.2, -0.15) is 0 Å². The average Bonchev–Trinajstić information content (AvgIpc) is 2.22. The standard InChI is InChI=1S/C14H22N2/c1-16(11-12-5-4-6-12)10-9-13-7-2-3-8-14(13)15/h2-3,7-8,12H,4-6,9-11,15H2,1H3. The lowest BCUT2D eigenvalue weighted by atomic mass is 9.85. The second-order valence-corrected chi connectivity index (χ2v) is 5.01. The van der Waals surface area contributed by atoms with Crippen molar-refractivity contribution in [3.05, 3.63) is 29.8 Å². The van der Waals surface area contributed by atoms with Crippen molar-refractivity contribution < 1.29 is 0 Å². The molecule has 0 aromatic heterocycles. The van der Waals surface area contributed by atoms with Gasteiger partial charge >= 0.3 is 0 Å². The zero-order chi connectivity index (χ0) is 11.4. The molecule has 2 nitrogen and oxygen atoms in total. The van der Waals surface area contributed by atoms with Crippen LogP contribution in [-0.4, -0.2) is 25.0 Å². The van der Waals surface area contributed by atoms with Gasteiger partial charge in [0.2, 0.25) is 0 Å². The van der Waals surface area contributed by atoms with E-state index in [1.54, 1.807) is 0 Å². The molecule has 1 aromatic rings. The molecular weight excluding hydrogens is 196 g/mol.